The molecule has 1 heterocycles. The van der Waals surface area contributed by atoms with Crippen LogP contribution in [0, 0.1) is 20.8 Å². The third-order valence-electron chi connectivity index (χ3n) is 4.35. The van der Waals surface area contributed by atoms with E-state index in [1.165, 1.54) is 5.56 Å². The molecular formula is C21H23N3O2. The second-order valence-corrected chi connectivity index (χ2v) is 6.47. The molecule has 0 atom stereocenters. The van der Waals surface area contributed by atoms with Crippen molar-refractivity contribution in [2.75, 3.05) is 12.4 Å². The molecule has 0 saturated carbocycles. The molecule has 134 valence electrons. The molecule has 0 aliphatic rings. The molecule has 26 heavy (non-hydrogen) atoms. The van der Waals surface area contributed by atoms with Crippen molar-refractivity contribution in [3.63, 3.8) is 0 Å². The van der Waals surface area contributed by atoms with Crippen molar-refractivity contribution >= 4 is 11.6 Å². The summed E-state index contributed by atoms with van der Waals surface area (Å²) in [6.45, 7) is 6.01. The molecule has 0 spiro atoms. The lowest BCUT2D eigenvalue weighted by molar-refractivity contribution is -0.115. The predicted molar refractivity (Wildman–Crippen MR) is 104 cm³/mol. The number of carbonyl (C=O) groups is 1. The second-order valence-electron chi connectivity index (χ2n) is 6.47. The fourth-order valence-corrected chi connectivity index (χ4v) is 3.01. The van der Waals surface area contributed by atoms with Crippen molar-refractivity contribution in [3.05, 3.63) is 64.8 Å². The molecule has 5 nitrogen and oxygen atoms in total. The smallest absolute Gasteiger partial charge is 0.228 e. The van der Waals surface area contributed by atoms with Crippen LogP contribution in [0.2, 0.25) is 0 Å². The van der Waals surface area contributed by atoms with Gasteiger partial charge in [0.1, 0.15) is 11.4 Å². The van der Waals surface area contributed by atoms with Crippen LogP contribution in [0.25, 0.3) is 11.3 Å². The molecule has 2 aromatic carbocycles. The van der Waals surface area contributed by atoms with Crippen LogP contribution in [-0.4, -0.2) is 23.2 Å². The van der Waals surface area contributed by atoms with Gasteiger partial charge in [-0.3, -0.25) is 9.89 Å². The van der Waals surface area contributed by atoms with Gasteiger partial charge < -0.3 is 10.1 Å². The van der Waals surface area contributed by atoms with Gasteiger partial charge in [-0.05, 0) is 44.0 Å². The van der Waals surface area contributed by atoms with Gasteiger partial charge in [-0.2, -0.15) is 5.10 Å². The Morgan fingerprint density at radius 1 is 1.15 bits per heavy atom. The maximum Gasteiger partial charge on any atom is 0.228 e. The van der Waals surface area contributed by atoms with Crippen molar-refractivity contribution in [2.24, 2.45) is 0 Å². The highest BCUT2D eigenvalue weighted by Crippen LogP contribution is 2.31. The topological polar surface area (TPSA) is 67.0 Å². The number of amides is 1. The monoisotopic (exact) mass is 349 g/mol. The predicted octanol–water partition coefficient (Wildman–Crippen LogP) is 4.19. The summed E-state index contributed by atoms with van der Waals surface area (Å²) in [7, 11) is 1.62. The summed E-state index contributed by atoms with van der Waals surface area (Å²) in [5, 5.41) is 10.4. The standard InChI is InChI=1S/C21H23N3O2/c1-13-8-9-18(14(2)10-13)21-20(15(3)23-24-21)22-19(25)12-16-6-5-7-17(11-16)26-4/h5-11H,12H2,1-4H3,(H,22,25)(H,23,24). The van der Waals surface area contributed by atoms with Crippen LogP contribution in [0.1, 0.15) is 22.4 Å². The first-order valence-electron chi connectivity index (χ1n) is 8.53. The molecule has 0 aliphatic heterocycles. The van der Waals surface area contributed by atoms with E-state index in [9.17, 15) is 4.79 Å². The molecule has 3 aromatic rings. The molecule has 2 N–H and O–H groups in total. The summed E-state index contributed by atoms with van der Waals surface area (Å²) >= 11 is 0. The highest BCUT2D eigenvalue weighted by Gasteiger charge is 2.17. The third-order valence-corrected chi connectivity index (χ3v) is 4.35. The fraction of sp³-hybridized carbons (Fsp3) is 0.238. The van der Waals surface area contributed by atoms with Gasteiger partial charge in [-0.1, -0.05) is 35.9 Å². The van der Waals surface area contributed by atoms with Crippen molar-refractivity contribution in [3.8, 4) is 17.0 Å². The number of nitrogens with one attached hydrogen (secondary N) is 2. The van der Waals surface area contributed by atoms with E-state index in [1.807, 2.05) is 50.2 Å². The minimum atomic E-state index is -0.0891. The Hall–Kier alpha value is -3.08. The number of hydrogen-bond donors (Lipinski definition) is 2. The zero-order chi connectivity index (χ0) is 18.7. The zero-order valence-electron chi connectivity index (χ0n) is 15.5. The number of rotatable bonds is 5. The number of methoxy groups -OCH3 is 1. The Morgan fingerprint density at radius 2 is 1.96 bits per heavy atom. The van der Waals surface area contributed by atoms with Crippen molar-refractivity contribution in [2.45, 2.75) is 27.2 Å². The van der Waals surface area contributed by atoms with E-state index in [0.29, 0.717) is 0 Å². The van der Waals surface area contributed by atoms with Crippen molar-refractivity contribution in [1.82, 2.24) is 10.2 Å². The van der Waals surface area contributed by atoms with E-state index in [4.69, 9.17) is 4.74 Å². The van der Waals surface area contributed by atoms with Crippen LogP contribution in [0.3, 0.4) is 0 Å². The molecule has 5 heteroatoms. The van der Waals surface area contributed by atoms with Gasteiger partial charge in [0, 0.05) is 5.56 Å². The average Bonchev–Trinajstić information content (AvgIpc) is 2.95. The number of nitrogens with zero attached hydrogens (tertiary/aromatic N) is 1. The van der Waals surface area contributed by atoms with Crippen molar-refractivity contribution < 1.29 is 9.53 Å². The number of aromatic nitrogens is 2. The van der Waals surface area contributed by atoms with Gasteiger partial charge in [0.25, 0.3) is 0 Å². The van der Waals surface area contributed by atoms with Gasteiger partial charge in [-0.25, -0.2) is 0 Å². The lowest BCUT2D eigenvalue weighted by Crippen LogP contribution is -2.15. The first-order chi connectivity index (χ1) is 12.5. The zero-order valence-corrected chi connectivity index (χ0v) is 15.5. The maximum atomic E-state index is 12.6. The number of benzene rings is 2. The summed E-state index contributed by atoms with van der Waals surface area (Å²) in [4.78, 5) is 12.6. The summed E-state index contributed by atoms with van der Waals surface area (Å²) < 4.78 is 5.21. The molecule has 3 rings (SSSR count). The number of anilines is 1. The second kappa shape index (κ2) is 7.44. The Morgan fingerprint density at radius 3 is 2.69 bits per heavy atom. The van der Waals surface area contributed by atoms with Crippen LogP contribution in [-0.2, 0) is 11.2 Å². The quantitative estimate of drug-likeness (QED) is 0.726. The molecule has 0 fully saturated rings. The Kier molecular flexibility index (Phi) is 5.07. The van der Waals surface area contributed by atoms with E-state index in [-0.39, 0.29) is 12.3 Å². The number of aryl methyl sites for hydroxylation is 3. The lowest BCUT2D eigenvalue weighted by Gasteiger charge is -2.10. The molecular weight excluding hydrogens is 326 g/mol. The van der Waals surface area contributed by atoms with E-state index >= 15 is 0 Å². The average molecular weight is 349 g/mol. The van der Waals surface area contributed by atoms with Gasteiger partial charge in [0.2, 0.25) is 5.91 Å². The number of H-pyrrole nitrogens is 1. The molecule has 1 amide bonds. The normalized spacial score (nSPS) is 10.6. The largest absolute Gasteiger partial charge is 0.497 e. The van der Waals surface area contributed by atoms with E-state index in [2.05, 4.69) is 28.5 Å². The Labute approximate surface area is 153 Å². The minimum absolute atomic E-state index is 0.0891. The van der Waals surface area contributed by atoms with E-state index in [0.717, 1.165) is 39.5 Å². The molecule has 0 radical (unpaired) electrons. The number of ether oxygens (including phenoxy) is 1. The SMILES string of the molecule is COc1cccc(CC(=O)Nc2c(-c3ccc(C)cc3C)n[nH]c2C)c1. The first kappa shape index (κ1) is 17.7. The van der Waals surface area contributed by atoms with Gasteiger partial charge >= 0.3 is 0 Å². The van der Waals surface area contributed by atoms with Crippen LogP contribution in [0.4, 0.5) is 5.69 Å². The molecule has 0 unspecified atom stereocenters. The molecule has 1 aromatic heterocycles. The highest BCUT2D eigenvalue weighted by molar-refractivity contribution is 5.96. The third kappa shape index (κ3) is 3.77. The van der Waals surface area contributed by atoms with Gasteiger partial charge in [0.05, 0.1) is 24.9 Å². The fourth-order valence-electron chi connectivity index (χ4n) is 3.01. The van der Waals surface area contributed by atoms with E-state index < -0.39 is 0 Å². The van der Waals surface area contributed by atoms with Crippen LogP contribution in [0.5, 0.6) is 5.75 Å². The minimum Gasteiger partial charge on any atom is -0.497 e. The lowest BCUT2D eigenvalue weighted by atomic mass is 10.0. The Bertz CT molecular complexity index is 944. The molecule has 0 bridgehead atoms. The highest BCUT2D eigenvalue weighted by atomic mass is 16.5. The van der Waals surface area contributed by atoms with E-state index in [1.54, 1.807) is 7.11 Å². The first-order valence-corrected chi connectivity index (χ1v) is 8.53. The number of hydrogen-bond acceptors (Lipinski definition) is 3. The van der Waals surface area contributed by atoms with Crippen LogP contribution >= 0.6 is 0 Å². The van der Waals surface area contributed by atoms with Crippen LogP contribution in [0.15, 0.2) is 42.5 Å². The summed E-state index contributed by atoms with van der Waals surface area (Å²) in [5.74, 6) is 0.652. The maximum absolute atomic E-state index is 12.6. The summed E-state index contributed by atoms with van der Waals surface area (Å²) in [6.07, 6.45) is 0.272. The molecule has 0 saturated heterocycles. The van der Waals surface area contributed by atoms with Crippen molar-refractivity contribution in [1.29, 1.82) is 0 Å². The summed E-state index contributed by atoms with van der Waals surface area (Å²) in [5.41, 5.74) is 6.55. The Balaban J connectivity index is 1.83. The molecule has 0 aliphatic carbocycles. The van der Waals surface area contributed by atoms with Gasteiger partial charge in [0.15, 0.2) is 0 Å². The number of aromatic amines is 1. The summed E-state index contributed by atoms with van der Waals surface area (Å²) in [6, 6.07) is 13.7. The van der Waals surface area contributed by atoms with Crippen LogP contribution < -0.4 is 10.1 Å². The number of carbonyl (C=O) groups excluding carboxylic acids is 1. The van der Waals surface area contributed by atoms with Gasteiger partial charge in [-0.15, -0.1) is 0 Å².